The summed E-state index contributed by atoms with van der Waals surface area (Å²) in [7, 11) is -1.07. The molecule has 0 aliphatic heterocycles. The molecule has 0 radical (unpaired) electrons. The number of nitrogens with one attached hydrogen (secondary N) is 1. The van der Waals surface area contributed by atoms with Crippen molar-refractivity contribution in [3.63, 3.8) is 0 Å². The highest BCUT2D eigenvalue weighted by Gasteiger charge is 2.27. The van der Waals surface area contributed by atoms with Crippen molar-refractivity contribution in [1.82, 2.24) is 4.31 Å². The molecule has 0 fully saturated rings. The van der Waals surface area contributed by atoms with Crippen LogP contribution in [0.5, 0.6) is 11.5 Å². The van der Waals surface area contributed by atoms with E-state index in [1.807, 2.05) is 54.6 Å². The largest absolute Gasteiger partial charge is 0.493 e. The van der Waals surface area contributed by atoms with Gasteiger partial charge < -0.3 is 14.8 Å². The third-order valence-corrected chi connectivity index (χ3v) is 7.29. The van der Waals surface area contributed by atoms with Gasteiger partial charge in [0.2, 0.25) is 15.9 Å². The van der Waals surface area contributed by atoms with Crippen LogP contribution >= 0.6 is 0 Å². The molecule has 8 heteroatoms. The fourth-order valence-corrected chi connectivity index (χ4v) is 4.91. The number of hydrogen-bond acceptors (Lipinski definition) is 5. The van der Waals surface area contributed by atoms with Crippen molar-refractivity contribution in [2.24, 2.45) is 0 Å². The number of rotatable bonds is 11. The van der Waals surface area contributed by atoms with E-state index in [9.17, 15) is 13.2 Å². The Bertz CT molecular complexity index is 1200. The second-order valence-corrected chi connectivity index (χ2v) is 9.63. The maximum atomic E-state index is 13.5. The van der Waals surface area contributed by atoms with Crippen LogP contribution in [0.4, 0.5) is 5.69 Å². The first-order chi connectivity index (χ1) is 16.4. The minimum absolute atomic E-state index is 0.0262. The molecule has 7 nitrogen and oxygen atoms in total. The molecule has 0 atom stereocenters. The van der Waals surface area contributed by atoms with Crippen LogP contribution in [0.2, 0.25) is 0 Å². The molecule has 180 valence electrons. The first-order valence-corrected chi connectivity index (χ1v) is 12.5. The van der Waals surface area contributed by atoms with Gasteiger partial charge in [0.05, 0.1) is 25.7 Å². The first kappa shape index (κ1) is 25.3. The lowest BCUT2D eigenvalue weighted by Gasteiger charge is -2.22. The summed E-state index contributed by atoms with van der Waals surface area (Å²) in [6, 6.07) is 21.4. The fourth-order valence-electron chi connectivity index (χ4n) is 3.49. The van der Waals surface area contributed by atoms with Gasteiger partial charge in [0.15, 0.2) is 11.5 Å². The smallest absolute Gasteiger partial charge is 0.243 e. The SMILES string of the molecule is CCc1ccc(NC(=O)CN(CCc2ccccc2)S(=O)(=O)c2ccc(OC)c(OC)c2)cc1. The Morgan fingerprint density at radius 1 is 0.882 bits per heavy atom. The highest BCUT2D eigenvalue weighted by Crippen LogP contribution is 2.30. The third-order valence-electron chi connectivity index (χ3n) is 5.45. The number of aryl methyl sites for hydroxylation is 1. The van der Waals surface area contributed by atoms with E-state index in [0.29, 0.717) is 23.6 Å². The molecule has 0 saturated heterocycles. The zero-order valence-electron chi connectivity index (χ0n) is 19.7. The molecule has 1 amide bonds. The number of benzene rings is 3. The summed E-state index contributed by atoms with van der Waals surface area (Å²) in [5.74, 6) is 0.305. The molecule has 34 heavy (non-hydrogen) atoms. The van der Waals surface area contributed by atoms with Crippen LogP contribution in [0.3, 0.4) is 0 Å². The maximum absolute atomic E-state index is 13.5. The van der Waals surface area contributed by atoms with Gasteiger partial charge in [-0.05, 0) is 48.2 Å². The molecule has 0 saturated carbocycles. The minimum Gasteiger partial charge on any atom is -0.493 e. The lowest BCUT2D eigenvalue weighted by molar-refractivity contribution is -0.116. The van der Waals surface area contributed by atoms with Crippen molar-refractivity contribution in [2.45, 2.75) is 24.7 Å². The summed E-state index contributed by atoms with van der Waals surface area (Å²) in [6.45, 7) is 1.87. The number of sulfonamides is 1. The van der Waals surface area contributed by atoms with Crippen LogP contribution in [0.15, 0.2) is 77.7 Å². The molecule has 0 heterocycles. The van der Waals surface area contributed by atoms with Gasteiger partial charge in [-0.2, -0.15) is 4.31 Å². The van der Waals surface area contributed by atoms with Gasteiger partial charge >= 0.3 is 0 Å². The van der Waals surface area contributed by atoms with E-state index >= 15 is 0 Å². The quantitative estimate of drug-likeness (QED) is 0.444. The van der Waals surface area contributed by atoms with Crippen molar-refractivity contribution in [3.05, 3.63) is 83.9 Å². The van der Waals surface area contributed by atoms with Gasteiger partial charge in [-0.25, -0.2) is 8.42 Å². The number of anilines is 1. The van der Waals surface area contributed by atoms with Gasteiger partial charge in [-0.3, -0.25) is 4.79 Å². The van der Waals surface area contributed by atoms with E-state index in [1.54, 1.807) is 0 Å². The highest BCUT2D eigenvalue weighted by atomic mass is 32.2. The van der Waals surface area contributed by atoms with Crippen LogP contribution in [0.1, 0.15) is 18.1 Å². The monoisotopic (exact) mass is 482 g/mol. The molecule has 1 N–H and O–H groups in total. The Balaban J connectivity index is 1.85. The Labute approximate surface area is 201 Å². The number of methoxy groups -OCH3 is 2. The predicted octanol–water partition coefficient (Wildman–Crippen LogP) is 4.14. The number of carbonyl (C=O) groups is 1. The number of ether oxygens (including phenoxy) is 2. The molecule has 0 aliphatic rings. The van der Waals surface area contributed by atoms with Crippen molar-refractivity contribution in [2.75, 3.05) is 32.6 Å². The van der Waals surface area contributed by atoms with E-state index in [1.165, 1.54) is 36.7 Å². The Kier molecular flexibility index (Phi) is 8.67. The van der Waals surface area contributed by atoms with E-state index in [-0.39, 0.29) is 18.0 Å². The van der Waals surface area contributed by atoms with E-state index in [4.69, 9.17) is 9.47 Å². The third kappa shape index (κ3) is 6.36. The standard InChI is InChI=1S/C26H30N2O5S/c1-4-20-10-12-22(13-11-20)27-26(29)19-28(17-16-21-8-6-5-7-9-21)34(30,31)23-14-15-24(32-2)25(18-23)33-3/h5-15,18H,4,16-17,19H2,1-3H3,(H,27,29). The molecular formula is C26H30N2O5S. The number of amides is 1. The molecule has 3 aromatic carbocycles. The van der Waals surface area contributed by atoms with Crippen molar-refractivity contribution in [3.8, 4) is 11.5 Å². The summed E-state index contributed by atoms with van der Waals surface area (Å²) in [5.41, 5.74) is 2.75. The lowest BCUT2D eigenvalue weighted by Crippen LogP contribution is -2.39. The van der Waals surface area contributed by atoms with Gasteiger partial charge in [0, 0.05) is 18.3 Å². The lowest BCUT2D eigenvalue weighted by atomic mass is 10.1. The molecule has 0 unspecified atom stereocenters. The summed E-state index contributed by atoms with van der Waals surface area (Å²) >= 11 is 0. The zero-order chi connectivity index (χ0) is 24.6. The molecule has 0 aromatic heterocycles. The van der Waals surface area contributed by atoms with E-state index in [2.05, 4.69) is 12.2 Å². The van der Waals surface area contributed by atoms with Crippen molar-refractivity contribution in [1.29, 1.82) is 0 Å². The van der Waals surface area contributed by atoms with Crippen molar-refractivity contribution < 1.29 is 22.7 Å². The van der Waals surface area contributed by atoms with E-state index in [0.717, 1.165) is 17.5 Å². The zero-order valence-corrected chi connectivity index (χ0v) is 20.5. The van der Waals surface area contributed by atoms with Crippen LogP contribution in [0, 0.1) is 0 Å². The Morgan fingerprint density at radius 3 is 2.18 bits per heavy atom. The van der Waals surface area contributed by atoms with Crippen LogP contribution in [-0.2, 0) is 27.7 Å². The molecule has 3 rings (SSSR count). The molecule has 3 aromatic rings. The van der Waals surface area contributed by atoms with Gasteiger partial charge in [0.1, 0.15) is 0 Å². The van der Waals surface area contributed by atoms with E-state index < -0.39 is 15.9 Å². The Morgan fingerprint density at radius 2 is 1.56 bits per heavy atom. The van der Waals surface area contributed by atoms with Gasteiger partial charge in [-0.1, -0.05) is 49.4 Å². The highest BCUT2D eigenvalue weighted by molar-refractivity contribution is 7.89. The van der Waals surface area contributed by atoms with Crippen LogP contribution in [-0.4, -0.2) is 45.9 Å². The number of nitrogens with zero attached hydrogens (tertiary/aromatic N) is 1. The summed E-state index contributed by atoms with van der Waals surface area (Å²) in [5, 5.41) is 2.80. The molecule has 0 aliphatic carbocycles. The fraction of sp³-hybridized carbons (Fsp3) is 0.269. The average molecular weight is 483 g/mol. The molecular weight excluding hydrogens is 452 g/mol. The maximum Gasteiger partial charge on any atom is 0.243 e. The first-order valence-electron chi connectivity index (χ1n) is 11.0. The summed E-state index contributed by atoms with van der Waals surface area (Å²) in [4.78, 5) is 12.9. The van der Waals surface area contributed by atoms with Crippen LogP contribution < -0.4 is 14.8 Å². The topological polar surface area (TPSA) is 84.9 Å². The number of carbonyl (C=O) groups excluding carboxylic acids is 1. The predicted molar refractivity (Wildman–Crippen MR) is 133 cm³/mol. The second-order valence-electron chi connectivity index (χ2n) is 7.69. The van der Waals surface area contributed by atoms with Gasteiger partial charge in [0.25, 0.3) is 0 Å². The number of hydrogen-bond donors (Lipinski definition) is 1. The van der Waals surface area contributed by atoms with Gasteiger partial charge in [-0.15, -0.1) is 0 Å². The van der Waals surface area contributed by atoms with Crippen LogP contribution in [0.25, 0.3) is 0 Å². The molecule has 0 spiro atoms. The minimum atomic E-state index is -3.99. The Hall–Kier alpha value is -3.36. The summed E-state index contributed by atoms with van der Waals surface area (Å²) < 4.78 is 38.8. The summed E-state index contributed by atoms with van der Waals surface area (Å²) in [6.07, 6.45) is 1.36. The van der Waals surface area contributed by atoms with Crippen molar-refractivity contribution >= 4 is 21.6 Å². The molecule has 0 bridgehead atoms. The second kappa shape index (κ2) is 11.7. The normalized spacial score (nSPS) is 11.3. The average Bonchev–Trinajstić information content (AvgIpc) is 2.87.